The van der Waals surface area contributed by atoms with Crippen molar-refractivity contribution < 1.29 is 38.0 Å². The highest BCUT2D eigenvalue weighted by atomic mass is 16.6. The van der Waals surface area contributed by atoms with Crippen LogP contribution in [0.2, 0.25) is 0 Å². The Bertz CT molecular complexity index is 1760. The fourth-order valence-corrected chi connectivity index (χ4v) is 6.23. The van der Waals surface area contributed by atoms with Crippen LogP contribution in [-0.2, 0) is 19.1 Å². The van der Waals surface area contributed by atoms with Gasteiger partial charge in [0.25, 0.3) is 0 Å². The number of esters is 2. The van der Waals surface area contributed by atoms with Crippen LogP contribution < -0.4 is 30.4 Å². The van der Waals surface area contributed by atoms with Crippen LogP contribution in [0, 0.1) is 0 Å². The van der Waals surface area contributed by atoms with Gasteiger partial charge in [-0.15, -0.1) is 0 Å². The molecule has 236 valence electrons. The molecule has 0 aliphatic carbocycles. The zero-order chi connectivity index (χ0) is 32.5. The predicted octanol–water partition coefficient (Wildman–Crippen LogP) is 5.37. The van der Waals surface area contributed by atoms with Crippen LogP contribution >= 0.6 is 0 Å². The summed E-state index contributed by atoms with van der Waals surface area (Å²) in [6.45, 7) is 3.74. The van der Waals surface area contributed by atoms with Gasteiger partial charge in [-0.1, -0.05) is 48.5 Å². The maximum absolute atomic E-state index is 13.5. The molecule has 10 nitrogen and oxygen atoms in total. The smallest absolute Gasteiger partial charge is 0.340 e. The van der Waals surface area contributed by atoms with Gasteiger partial charge in [0.15, 0.2) is 11.5 Å². The molecule has 0 saturated heterocycles. The summed E-state index contributed by atoms with van der Waals surface area (Å²) in [6, 6.07) is 22.4. The molecular weight excluding hydrogens is 588 g/mol. The van der Waals surface area contributed by atoms with Gasteiger partial charge in [0.1, 0.15) is 22.6 Å². The van der Waals surface area contributed by atoms with E-state index < -0.39 is 23.8 Å². The molecule has 2 heterocycles. The zero-order valence-electron chi connectivity index (χ0n) is 25.9. The lowest BCUT2D eigenvalue weighted by Gasteiger charge is -2.36. The fourth-order valence-electron chi connectivity index (χ4n) is 6.23. The van der Waals surface area contributed by atoms with Crippen molar-refractivity contribution in [2.75, 3.05) is 27.4 Å². The Balaban J connectivity index is 1.69. The number of ether oxygens (including phenoxy) is 6. The molecule has 0 radical (unpaired) electrons. The first kappa shape index (κ1) is 30.4. The maximum Gasteiger partial charge on any atom is 0.340 e. The summed E-state index contributed by atoms with van der Waals surface area (Å²) in [5.41, 5.74) is 16.2. The van der Waals surface area contributed by atoms with Crippen molar-refractivity contribution in [3.05, 3.63) is 118 Å². The number of rotatable bonds is 8. The van der Waals surface area contributed by atoms with E-state index in [0.717, 1.165) is 21.9 Å². The van der Waals surface area contributed by atoms with Crippen LogP contribution in [0.4, 0.5) is 0 Å². The van der Waals surface area contributed by atoms with Gasteiger partial charge in [0.05, 0.1) is 39.3 Å². The first-order valence-electron chi connectivity index (χ1n) is 14.9. The third kappa shape index (κ3) is 5.01. The molecule has 2 aliphatic heterocycles. The molecule has 2 aliphatic rings. The van der Waals surface area contributed by atoms with Gasteiger partial charge >= 0.3 is 11.9 Å². The molecular formula is C36H34N2O8. The predicted molar refractivity (Wildman–Crippen MR) is 171 cm³/mol. The van der Waals surface area contributed by atoms with E-state index in [4.69, 9.17) is 39.9 Å². The Hall–Kier alpha value is -5.64. The second-order valence-electron chi connectivity index (χ2n) is 10.6. The molecule has 0 fully saturated rings. The molecule has 4 N–H and O–H groups in total. The van der Waals surface area contributed by atoms with Crippen molar-refractivity contribution in [2.24, 2.45) is 11.5 Å². The minimum absolute atomic E-state index is 0.132. The molecule has 6 rings (SSSR count). The van der Waals surface area contributed by atoms with Gasteiger partial charge in [-0.2, -0.15) is 0 Å². The van der Waals surface area contributed by atoms with Crippen LogP contribution in [0.15, 0.2) is 95.7 Å². The Morgan fingerprint density at radius 3 is 1.33 bits per heavy atom. The number of fused-ring (bicyclic) bond motifs is 6. The number of nitrogens with two attached hydrogens (primary N) is 2. The number of hydrogen-bond acceptors (Lipinski definition) is 10. The summed E-state index contributed by atoms with van der Waals surface area (Å²) < 4.78 is 34.3. The number of methoxy groups -OCH3 is 2. The van der Waals surface area contributed by atoms with E-state index in [0.29, 0.717) is 22.6 Å². The van der Waals surface area contributed by atoms with Gasteiger partial charge in [-0.3, -0.25) is 0 Å². The Labute approximate surface area is 266 Å². The summed E-state index contributed by atoms with van der Waals surface area (Å²) in [4.78, 5) is 27.0. The normalized spacial score (nSPS) is 17.0. The molecule has 0 bridgehead atoms. The first-order chi connectivity index (χ1) is 22.3. The van der Waals surface area contributed by atoms with Crippen molar-refractivity contribution >= 4 is 22.7 Å². The Kier molecular flexibility index (Phi) is 8.19. The molecule has 10 heteroatoms. The van der Waals surface area contributed by atoms with E-state index >= 15 is 0 Å². The third-order valence-electron chi connectivity index (χ3n) is 8.20. The molecule has 0 unspecified atom stereocenters. The fraction of sp³-hybridized carbons (Fsp3) is 0.222. The number of hydrogen-bond donors (Lipinski definition) is 2. The van der Waals surface area contributed by atoms with E-state index in [1.165, 1.54) is 0 Å². The van der Waals surface area contributed by atoms with E-state index in [1.54, 1.807) is 28.1 Å². The molecule has 0 saturated carbocycles. The molecule has 46 heavy (non-hydrogen) atoms. The highest BCUT2D eigenvalue weighted by molar-refractivity contribution is 6.02. The zero-order valence-corrected chi connectivity index (χ0v) is 25.9. The van der Waals surface area contributed by atoms with Crippen LogP contribution in [-0.4, -0.2) is 39.4 Å². The van der Waals surface area contributed by atoms with Crippen molar-refractivity contribution in [2.45, 2.75) is 25.7 Å². The van der Waals surface area contributed by atoms with Crippen LogP contribution in [0.25, 0.3) is 10.8 Å². The average molecular weight is 623 g/mol. The highest BCUT2D eigenvalue weighted by Gasteiger charge is 2.44. The SMILES string of the molecule is CCOC(=O)C1=C(N)Oc2c3c(c4ccccc4c2[C@H]1c1ccc(OC)cc1)[C@@H](c1ccc(OC)cc1)C(C(=O)OCC)=C(N)O3. The molecule has 2 atom stereocenters. The molecule has 0 amide bonds. The van der Waals surface area contributed by atoms with E-state index in [9.17, 15) is 9.59 Å². The summed E-state index contributed by atoms with van der Waals surface area (Å²) in [5.74, 6) is -1.02. The van der Waals surface area contributed by atoms with Gasteiger partial charge < -0.3 is 39.9 Å². The van der Waals surface area contributed by atoms with Gasteiger partial charge in [-0.05, 0) is 60.0 Å². The Morgan fingerprint density at radius 1 is 0.630 bits per heavy atom. The van der Waals surface area contributed by atoms with Crippen LogP contribution in [0.3, 0.4) is 0 Å². The molecule has 0 spiro atoms. The van der Waals surface area contributed by atoms with Crippen LogP contribution in [0.1, 0.15) is 47.9 Å². The second kappa shape index (κ2) is 12.4. The monoisotopic (exact) mass is 622 g/mol. The average Bonchev–Trinajstić information content (AvgIpc) is 3.07. The Morgan fingerprint density at radius 2 is 1.00 bits per heavy atom. The minimum atomic E-state index is -0.705. The largest absolute Gasteiger partial charge is 0.497 e. The summed E-state index contributed by atoms with van der Waals surface area (Å²) in [7, 11) is 3.17. The molecule has 4 aromatic carbocycles. The number of carbonyl (C=O) groups is 2. The van der Waals surface area contributed by atoms with Crippen molar-refractivity contribution in [3.8, 4) is 23.0 Å². The number of benzene rings is 4. The van der Waals surface area contributed by atoms with E-state index in [2.05, 4.69) is 0 Å². The maximum atomic E-state index is 13.5. The number of carbonyl (C=O) groups excluding carboxylic acids is 2. The van der Waals surface area contributed by atoms with Gasteiger partial charge in [0.2, 0.25) is 11.8 Å². The minimum Gasteiger partial charge on any atom is -0.497 e. The van der Waals surface area contributed by atoms with Gasteiger partial charge in [-0.25, -0.2) is 9.59 Å². The van der Waals surface area contributed by atoms with Crippen molar-refractivity contribution in [1.82, 2.24) is 0 Å². The lowest BCUT2D eigenvalue weighted by Crippen LogP contribution is -2.31. The quantitative estimate of drug-likeness (QED) is 0.246. The lowest BCUT2D eigenvalue weighted by atomic mass is 9.75. The summed E-state index contributed by atoms with van der Waals surface area (Å²) >= 11 is 0. The van der Waals surface area contributed by atoms with E-state index in [1.807, 2.05) is 72.8 Å². The van der Waals surface area contributed by atoms with Crippen molar-refractivity contribution in [1.29, 1.82) is 0 Å². The highest BCUT2D eigenvalue weighted by Crippen LogP contribution is 2.57. The van der Waals surface area contributed by atoms with Crippen LogP contribution in [0.5, 0.6) is 23.0 Å². The van der Waals surface area contributed by atoms with Crippen molar-refractivity contribution in [3.63, 3.8) is 0 Å². The summed E-state index contributed by atoms with van der Waals surface area (Å²) in [6.07, 6.45) is 0. The molecule has 0 aromatic heterocycles. The third-order valence-corrected chi connectivity index (χ3v) is 8.20. The standard InChI is InChI=1S/C36H34N2O8/c1-5-43-35(39)29-25(19-11-15-21(41-3)16-12-19)27-23-9-7-8-10-24(23)28-26(20-13-17-22(42-4)18-14-20)30(36(40)44-6-2)34(38)46-32(28)31(27)45-33(29)37/h7-18,25-26H,5-6,37-38H2,1-4H3/t25-,26-/m1/s1. The summed E-state index contributed by atoms with van der Waals surface area (Å²) in [5, 5.41) is 1.52. The lowest BCUT2D eigenvalue weighted by molar-refractivity contribution is -0.140. The van der Waals surface area contributed by atoms with Gasteiger partial charge in [0, 0.05) is 11.1 Å². The molecule has 4 aromatic rings. The first-order valence-corrected chi connectivity index (χ1v) is 14.9. The second-order valence-corrected chi connectivity index (χ2v) is 10.6. The van der Waals surface area contributed by atoms with E-state index in [-0.39, 0.29) is 47.6 Å². The topological polar surface area (TPSA) is 142 Å².